The van der Waals surface area contributed by atoms with Crippen molar-refractivity contribution in [2.45, 2.75) is 38.6 Å². The summed E-state index contributed by atoms with van der Waals surface area (Å²) in [6, 6.07) is -0.210. The zero-order valence-electron chi connectivity index (χ0n) is 12.1. The Bertz CT molecular complexity index is 367. The lowest BCUT2D eigenvalue weighted by Gasteiger charge is -2.32. The van der Waals surface area contributed by atoms with Crippen LogP contribution in [0.15, 0.2) is 0 Å². The van der Waals surface area contributed by atoms with Crippen LogP contribution >= 0.6 is 0 Å². The average Bonchev–Trinajstić information content (AvgIpc) is 2.35. The van der Waals surface area contributed by atoms with E-state index in [9.17, 15) is 13.8 Å². The molecule has 0 aromatic carbocycles. The molecule has 0 aliphatic carbocycles. The first-order valence-electron chi connectivity index (χ1n) is 6.95. The van der Waals surface area contributed by atoms with E-state index < -0.39 is 16.8 Å². The predicted octanol–water partition coefficient (Wildman–Crippen LogP) is 1.04. The lowest BCUT2D eigenvalue weighted by atomic mass is 9.92. The van der Waals surface area contributed by atoms with Gasteiger partial charge in [0.15, 0.2) is 0 Å². The van der Waals surface area contributed by atoms with Crippen molar-refractivity contribution in [3.05, 3.63) is 0 Å². The van der Waals surface area contributed by atoms with E-state index in [1.54, 1.807) is 11.2 Å². The zero-order chi connectivity index (χ0) is 15.1. The van der Waals surface area contributed by atoms with E-state index in [2.05, 4.69) is 5.32 Å². The van der Waals surface area contributed by atoms with E-state index >= 15 is 0 Å². The summed E-state index contributed by atoms with van der Waals surface area (Å²) in [5, 5.41) is 11.5. The highest BCUT2D eigenvalue weighted by Gasteiger charge is 2.23. The van der Waals surface area contributed by atoms with Crippen LogP contribution in [0.3, 0.4) is 0 Å². The van der Waals surface area contributed by atoms with Crippen molar-refractivity contribution < 1.29 is 18.9 Å². The van der Waals surface area contributed by atoms with Crippen molar-refractivity contribution in [1.29, 1.82) is 0 Å². The second kappa shape index (κ2) is 8.24. The van der Waals surface area contributed by atoms with Crippen LogP contribution in [0.5, 0.6) is 0 Å². The van der Waals surface area contributed by atoms with Gasteiger partial charge in [0.2, 0.25) is 0 Å². The molecule has 0 radical (unpaired) electrons. The van der Waals surface area contributed by atoms with Crippen molar-refractivity contribution in [3.8, 4) is 0 Å². The Balaban J connectivity index is 2.28. The van der Waals surface area contributed by atoms with Crippen LogP contribution in [0.1, 0.15) is 32.6 Å². The van der Waals surface area contributed by atoms with E-state index in [1.165, 1.54) is 0 Å². The first kappa shape index (κ1) is 16.9. The van der Waals surface area contributed by atoms with Crippen molar-refractivity contribution in [2.75, 3.05) is 25.1 Å². The van der Waals surface area contributed by atoms with Gasteiger partial charge in [0, 0.05) is 48.4 Å². The molecule has 6 nitrogen and oxygen atoms in total. The maximum atomic E-state index is 12.0. The Morgan fingerprint density at radius 1 is 1.40 bits per heavy atom. The van der Waals surface area contributed by atoms with Crippen LogP contribution in [0, 0.1) is 5.92 Å². The zero-order valence-corrected chi connectivity index (χ0v) is 12.9. The van der Waals surface area contributed by atoms with Crippen LogP contribution in [0.2, 0.25) is 0 Å². The van der Waals surface area contributed by atoms with Gasteiger partial charge in [0.25, 0.3) is 0 Å². The minimum absolute atomic E-state index is 0.0990. The number of carbonyl (C=O) groups excluding carboxylic acids is 1. The number of hydrogen-bond acceptors (Lipinski definition) is 3. The van der Waals surface area contributed by atoms with Crippen molar-refractivity contribution in [3.63, 3.8) is 0 Å². The van der Waals surface area contributed by atoms with Crippen molar-refractivity contribution in [1.82, 2.24) is 10.2 Å². The molecule has 2 amide bonds. The minimum atomic E-state index is -0.919. The Hall–Kier alpha value is -1.11. The van der Waals surface area contributed by atoms with Crippen LogP contribution in [0.4, 0.5) is 4.79 Å². The van der Waals surface area contributed by atoms with Crippen molar-refractivity contribution in [2.24, 2.45) is 5.92 Å². The van der Waals surface area contributed by atoms with Gasteiger partial charge >= 0.3 is 12.0 Å². The average molecular weight is 304 g/mol. The first-order valence-corrected chi connectivity index (χ1v) is 8.68. The highest BCUT2D eigenvalue weighted by Crippen LogP contribution is 2.21. The normalized spacial score (nSPS) is 19.4. The van der Waals surface area contributed by atoms with Crippen LogP contribution in [0.25, 0.3) is 0 Å². The Morgan fingerprint density at radius 3 is 2.50 bits per heavy atom. The lowest BCUT2D eigenvalue weighted by Crippen LogP contribution is -2.48. The lowest BCUT2D eigenvalue weighted by molar-refractivity contribution is -0.137. The fourth-order valence-electron chi connectivity index (χ4n) is 2.45. The van der Waals surface area contributed by atoms with Gasteiger partial charge in [-0.05, 0) is 32.1 Å². The summed E-state index contributed by atoms with van der Waals surface area (Å²) in [5.74, 6) is 0.100. The van der Waals surface area contributed by atoms with E-state index in [0.29, 0.717) is 31.2 Å². The summed E-state index contributed by atoms with van der Waals surface area (Å²) in [6.07, 6.45) is 4.23. The maximum absolute atomic E-state index is 12.0. The summed E-state index contributed by atoms with van der Waals surface area (Å²) in [4.78, 5) is 24.3. The SMILES string of the molecule is CC(CS(C)=O)NC(=O)N1CCC(CCC(=O)O)CC1. The standard InChI is InChI=1S/C13H24N2O4S/c1-10(9-20(2)19)14-13(18)15-7-5-11(6-8-15)3-4-12(16)17/h10-11H,3-9H2,1-2H3,(H,14,18)(H,16,17). The number of piperidine rings is 1. The van der Waals surface area contributed by atoms with Gasteiger partial charge in [-0.1, -0.05) is 0 Å². The molecule has 0 aromatic rings. The molecule has 20 heavy (non-hydrogen) atoms. The smallest absolute Gasteiger partial charge is 0.317 e. The third kappa shape index (κ3) is 6.36. The molecule has 1 aliphatic rings. The number of likely N-dealkylation sites (tertiary alicyclic amines) is 1. The summed E-state index contributed by atoms with van der Waals surface area (Å²) in [7, 11) is -0.919. The molecule has 0 bridgehead atoms. The summed E-state index contributed by atoms with van der Waals surface area (Å²) < 4.78 is 11.1. The van der Waals surface area contributed by atoms with Gasteiger partial charge < -0.3 is 15.3 Å². The first-order chi connectivity index (χ1) is 9.38. The number of carbonyl (C=O) groups is 2. The molecule has 1 fully saturated rings. The Morgan fingerprint density at radius 2 is 2.00 bits per heavy atom. The third-order valence-electron chi connectivity index (χ3n) is 3.52. The second-order valence-electron chi connectivity index (χ2n) is 5.45. The van der Waals surface area contributed by atoms with Crippen LogP contribution in [-0.2, 0) is 15.6 Å². The summed E-state index contributed by atoms with van der Waals surface area (Å²) >= 11 is 0. The van der Waals surface area contributed by atoms with Gasteiger partial charge in [-0.25, -0.2) is 4.79 Å². The molecule has 1 rings (SSSR count). The fraction of sp³-hybridized carbons (Fsp3) is 0.846. The number of carboxylic acid groups (broad SMARTS) is 1. The van der Waals surface area contributed by atoms with E-state index in [-0.39, 0.29) is 18.5 Å². The number of aliphatic carboxylic acids is 1. The molecule has 0 saturated carbocycles. The van der Waals surface area contributed by atoms with Gasteiger partial charge in [-0.15, -0.1) is 0 Å². The second-order valence-corrected chi connectivity index (χ2v) is 6.93. The molecule has 116 valence electrons. The number of carboxylic acids is 1. The predicted molar refractivity (Wildman–Crippen MR) is 78.1 cm³/mol. The monoisotopic (exact) mass is 304 g/mol. The van der Waals surface area contributed by atoms with E-state index in [4.69, 9.17) is 5.11 Å². The van der Waals surface area contributed by atoms with E-state index in [1.807, 2.05) is 6.92 Å². The molecule has 2 atom stereocenters. The summed E-state index contributed by atoms with van der Waals surface area (Å²) in [6.45, 7) is 3.18. The number of hydrogen-bond donors (Lipinski definition) is 2. The summed E-state index contributed by atoms with van der Waals surface area (Å²) in [5.41, 5.74) is 0. The number of nitrogens with zero attached hydrogens (tertiary/aromatic N) is 1. The molecular formula is C13H24N2O4S. The Kier molecular flexibility index (Phi) is 6.98. The highest BCUT2D eigenvalue weighted by molar-refractivity contribution is 7.84. The van der Waals surface area contributed by atoms with E-state index in [0.717, 1.165) is 12.8 Å². The molecule has 2 N–H and O–H groups in total. The number of urea groups is 1. The van der Waals surface area contributed by atoms with Crippen LogP contribution < -0.4 is 5.32 Å². The quantitative estimate of drug-likeness (QED) is 0.767. The minimum Gasteiger partial charge on any atom is -0.481 e. The molecular weight excluding hydrogens is 280 g/mol. The van der Waals surface area contributed by atoms with Crippen LogP contribution in [-0.4, -0.2) is 57.4 Å². The molecule has 1 heterocycles. The molecule has 7 heteroatoms. The van der Waals surface area contributed by atoms with Gasteiger partial charge in [0.1, 0.15) is 0 Å². The molecule has 1 aliphatic heterocycles. The Labute approximate surface area is 122 Å². The van der Waals surface area contributed by atoms with Gasteiger partial charge in [0.05, 0.1) is 0 Å². The third-order valence-corrected chi connectivity index (χ3v) is 4.49. The van der Waals surface area contributed by atoms with Crippen molar-refractivity contribution >= 4 is 22.8 Å². The topological polar surface area (TPSA) is 86.7 Å². The fourth-order valence-corrected chi connectivity index (χ4v) is 3.24. The van der Waals surface area contributed by atoms with Gasteiger partial charge in [-0.3, -0.25) is 9.00 Å². The maximum Gasteiger partial charge on any atom is 0.317 e. The molecule has 0 aromatic heterocycles. The molecule has 0 spiro atoms. The largest absolute Gasteiger partial charge is 0.481 e. The molecule has 1 saturated heterocycles. The number of nitrogens with one attached hydrogen (secondary N) is 1. The molecule has 2 unspecified atom stereocenters. The highest BCUT2D eigenvalue weighted by atomic mass is 32.2. The number of amides is 2. The number of rotatable bonds is 6. The van der Waals surface area contributed by atoms with Gasteiger partial charge in [-0.2, -0.15) is 0 Å².